The van der Waals surface area contributed by atoms with Gasteiger partial charge in [0.2, 0.25) is 0 Å². The normalized spacial score (nSPS) is 11.3. The van der Waals surface area contributed by atoms with Crippen LogP contribution < -0.4 is 0 Å². The minimum atomic E-state index is -0.428. The van der Waals surface area contributed by atoms with Gasteiger partial charge in [-0.05, 0) is 41.8 Å². The van der Waals surface area contributed by atoms with Gasteiger partial charge in [0.25, 0.3) is 5.69 Å². The highest BCUT2D eigenvalue weighted by Crippen LogP contribution is 2.33. The van der Waals surface area contributed by atoms with Gasteiger partial charge in [-0.25, -0.2) is 9.98 Å². The lowest BCUT2D eigenvalue weighted by Gasteiger charge is -2.05. The molecule has 132 valence electrons. The van der Waals surface area contributed by atoms with E-state index in [9.17, 15) is 10.1 Å². The largest absolute Gasteiger partial charge is 0.269 e. The Bertz CT molecular complexity index is 1150. The molecule has 0 aliphatic carbocycles. The third-order valence-corrected chi connectivity index (χ3v) is 4.16. The Balaban J connectivity index is 1.77. The number of nitro groups is 1. The number of hydrogen-bond donors (Lipinski definition) is 1. The van der Waals surface area contributed by atoms with Gasteiger partial charge in [-0.2, -0.15) is 5.10 Å². The van der Waals surface area contributed by atoms with Gasteiger partial charge in [-0.3, -0.25) is 15.2 Å². The number of fused-ring (bicyclic) bond motifs is 1. The van der Waals surface area contributed by atoms with Crippen molar-refractivity contribution in [3.63, 3.8) is 0 Å². The maximum atomic E-state index is 10.8. The summed E-state index contributed by atoms with van der Waals surface area (Å²) in [5.41, 5.74) is 4.41. The molecule has 0 spiro atoms. The molecular weight excluding hydrogens is 342 g/mol. The second kappa shape index (κ2) is 6.80. The lowest BCUT2D eigenvalue weighted by atomic mass is 10.0. The van der Waals surface area contributed by atoms with Crippen molar-refractivity contribution in [1.82, 2.24) is 15.2 Å². The summed E-state index contributed by atoms with van der Waals surface area (Å²) in [5.74, 6) is 0.523. The van der Waals surface area contributed by atoms with Crippen molar-refractivity contribution in [2.75, 3.05) is 0 Å². The van der Waals surface area contributed by atoms with Crippen LogP contribution in [-0.4, -0.2) is 26.3 Å². The molecule has 0 amide bonds. The maximum absolute atomic E-state index is 10.8. The number of non-ortho nitro benzene ring substituents is 1. The zero-order chi connectivity index (χ0) is 18.8. The molecule has 0 radical (unpaired) electrons. The standard InChI is InChI=1S/C20H15N5O2/c1-13-11-17(15-5-3-2-4-6-15)18-19(23-24-20(18)22-13)21-12-14-7-9-16(10-8-14)25(26)27/h2-12H,1H3,(H,22,23,24). The number of nitrogens with one attached hydrogen (secondary N) is 1. The second-order valence-corrected chi connectivity index (χ2v) is 6.05. The van der Waals surface area contributed by atoms with E-state index in [1.807, 2.05) is 43.3 Å². The van der Waals surface area contributed by atoms with Crippen molar-refractivity contribution in [2.24, 2.45) is 4.99 Å². The van der Waals surface area contributed by atoms with E-state index in [1.165, 1.54) is 12.1 Å². The van der Waals surface area contributed by atoms with Gasteiger partial charge in [-0.1, -0.05) is 30.3 Å². The van der Waals surface area contributed by atoms with Crippen molar-refractivity contribution in [2.45, 2.75) is 6.92 Å². The van der Waals surface area contributed by atoms with Crippen LogP contribution in [0.3, 0.4) is 0 Å². The molecule has 0 saturated heterocycles. The summed E-state index contributed by atoms with van der Waals surface area (Å²) >= 11 is 0. The van der Waals surface area contributed by atoms with Crippen molar-refractivity contribution in [3.05, 3.63) is 82.0 Å². The van der Waals surface area contributed by atoms with E-state index in [2.05, 4.69) is 20.2 Å². The third-order valence-electron chi connectivity index (χ3n) is 4.16. The number of aromatic amines is 1. The minimum absolute atomic E-state index is 0.0448. The summed E-state index contributed by atoms with van der Waals surface area (Å²) in [5, 5.41) is 18.8. The zero-order valence-electron chi connectivity index (χ0n) is 14.5. The van der Waals surface area contributed by atoms with Gasteiger partial charge < -0.3 is 0 Å². The Morgan fingerprint density at radius 3 is 2.56 bits per heavy atom. The van der Waals surface area contributed by atoms with Crippen LogP contribution in [0, 0.1) is 17.0 Å². The van der Waals surface area contributed by atoms with Gasteiger partial charge in [0, 0.05) is 24.0 Å². The first-order valence-electron chi connectivity index (χ1n) is 8.31. The molecule has 27 heavy (non-hydrogen) atoms. The molecule has 0 aliphatic heterocycles. The van der Waals surface area contributed by atoms with Crippen molar-refractivity contribution < 1.29 is 4.92 Å². The lowest BCUT2D eigenvalue weighted by molar-refractivity contribution is -0.384. The molecule has 0 aliphatic rings. The highest BCUT2D eigenvalue weighted by atomic mass is 16.6. The van der Waals surface area contributed by atoms with Gasteiger partial charge >= 0.3 is 0 Å². The molecule has 4 rings (SSSR count). The molecule has 7 nitrogen and oxygen atoms in total. The topological polar surface area (TPSA) is 97.1 Å². The fourth-order valence-corrected chi connectivity index (χ4v) is 2.90. The number of nitrogens with zero attached hydrogens (tertiary/aromatic N) is 4. The van der Waals surface area contributed by atoms with Crippen molar-refractivity contribution >= 4 is 28.8 Å². The van der Waals surface area contributed by atoms with Crippen LogP contribution in [0.2, 0.25) is 0 Å². The molecule has 1 N–H and O–H groups in total. The summed E-state index contributed by atoms with van der Waals surface area (Å²) in [4.78, 5) is 19.3. The Labute approximate surface area is 154 Å². The fraction of sp³-hybridized carbons (Fsp3) is 0.0500. The van der Waals surface area contributed by atoms with E-state index in [4.69, 9.17) is 0 Å². The molecule has 7 heteroatoms. The van der Waals surface area contributed by atoms with Crippen LogP contribution >= 0.6 is 0 Å². The summed E-state index contributed by atoms with van der Waals surface area (Å²) in [6, 6.07) is 18.2. The number of rotatable bonds is 4. The fourth-order valence-electron chi connectivity index (χ4n) is 2.90. The molecule has 2 heterocycles. The summed E-state index contributed by atoms with van der Waals surface area (Å²) in [6.07, 6.45) is 1.63. The predicted molar refractivity (Wildman–Crippen MR) is 104 cm³/mol. The molecule has 2 aromatic carbocycles. The molecule has 0 bridgehead atoms. The zero-order valence-corrected chi connectivity index (χ0v) is 14.5. The molecule has 0 unspecified atom stereocenters. The predicted octanol–water partition coefficient (Wildman–Crippen LogP) is 4.59. The number of nitro benzene ring substituents is 1. The average Bonchev–Trinajstić information content (AvgIpc) is 3.09. The number of aromatic nitrogens is 3. The minimum Gasteiger partial charge on any atom is -0.259 e. The highest BCUT2D eigenvalue weighted by Gasteiger charge is 2.13. The van der Waals surface area contributed by atoms with Crippen LogP contribution in [0.15, 0.2) is 65.7 Å². The Kier molecular flexibility index (Phi) is 4.18. The quantitative estimate of drug-likeness (QED) is 0.328. The van der Waals surface area contributed by atoms with E-state index < -0.39 is 4.92 Å². The SMILES string of the molecule is Cc1cc(-c2ccccc2)c2c(N=Cc3ccc([N+](=O)[O-])cc3)n[nH]c2n1. The lowest BCUT2D eigenvalue weighted by Crippen LogP contribution is -1.88. The molecule has 0 fully saturated rings. The molecular formula is C20H15N5O2. The van der Waals surface area contributed by atoms with Crippen LogP contribution in [0.25, 0.3) is 22.2 Å². The van der Waals surface area contributed by atoms with Crippen molar-refractivity contribution in [3.8, 4) is 11.1 Å². The first-order valence-corrected chi connectivity index (χ1v) is 8.31. The average molecular weight is 357 g/mol. The van der Waals surface area contributed by atoms with Crippen LogP contribution in [0.1, 0.15) is 11.3 Å². The summed E-state index contributed by atoms with van der Waals surface area (Å²) < 4.78 is 0. The Morgan fingerprint density at radius 2 is 1.85 bits per heavy atom. The molecule has 2 aromatic heterocycles. The molecule has 0 atom stereocenters. The van der Waals surface area contributed by atoms with Gasteiger partial charge in [0.05, 0.1) is 10.3 Å². The number of H-pyrrole nitrogens is 1. The summed E-state index contributed by atoms with van der Waals surface area (Å²) in [6.45, 7) is 1.94. The smallest absolute Gasteiger partial charge is 0.259 e. The number of aliphatic imine (C=N–C) groups is 1. The molecule has 4 aromatic rings. The first kappa shape index (κ1) is 16.6. The highest BCUT2D eigenvalue weighted by molar-refractivity contribution is 6.01. The number of pyridine rings is 1. The van der Waals surface area contributed by atoms with E-state index >= 15 is 0 Å². The monoisotopic (exact) mass is 357 g/mol. The molecule has 0 saturated carbocycles. The van der Waals surface area contributed by atoms with Gasteiger partial charge in [-0.15, -0.1) is 0 Å². The van der Waals surface area contributed by atoms with Gasteiger partial charge in [0.1, 0.15) is 0 Å². The van der Waals surface area contributed by atoms with Crippen LogP contribution in [0.4, 0.5) is 11.5 Å². The van der Waals surface area contributed by atoms with E-state index in [0.717, 1.165) is 27.8 Å². The maximum Gasteiger partial charge on any atom is 0.269 e. The number of hydrogen-bond acceptors (Lipinski definition) is 5. The van der Waals surface area contributed by atoms with Crippen LogP contribution in [0.5, 0.6) is 0 Å². The Hall–Kier alpha value is -3.87. The number of benzene rings is 2. The second-order valence-electron chi connectivity index (χ2n) is 6.05. The first-order chi connectivity index (χ1) is 13.1. The van der Waals surface area contributed by atoms with E-state index in [0.29, 0.717) is 11.5 Å². The van der Waals surface area contributed by atoms with Gasteiger partial charge in [0.15, 0.2) is 11.5 Å². The van der Waals surface area contributed by atoms with Crippen molar-refractivity contribution in [1.29, 1.82) is 0 Å². The van der Waals surface area contributed by atoms with Crippen LogP contribution in [-0.2, 0) is 0 Å². The number of aryl methyl sites for hydroxylation is 1. The summed E-state index contributed by atoms with van der Waals surface area (Å²) in [7, 11) is 0. The Morgan fingerprint density at radius 1 is 1.11 bits per heavy atom. The van der Waals surface area contributed by atoms with E-state index in [-0.39, 0.29) is 5.69 Å². The third kappa shape index (κ3) is 3.30. The van der Waals surface area contributed by atoms with E-state index in [1.54, 1.807) is 18.3 Å².